The maximum absolute atomic E-state index is 12.9. The van der Waals surface area contributed by atoms with Gasteiger partial charge in [0.15, 0.2) is 0 Å². The number of rotatable bonds is 2. The van der Waals surface area contributed by atoms with E-state index in [1.165, 1.54) is 12.0 Å². The van der Waals surface area contributed by atoms with Crippen LogP contribution < -0.4 is 5.32 Å². The fourth-order valence-electron chi connectivity index (χ4n) is 3.81. The van der Waals surface area contributed by atoms with E-state index in [1.54, 1.807) is 0 Å². The number of hydrogen-bond donors (Lipinski definition) is 2. The van der Waals surface area contributed by atoms with Crippen LogP contribution in [-0.4, -0.2) is 46.9 Å². The zero-order valence-corrected chi connectivity index (χ0v) is 14.2. The van der Waals surface area contributed by atoms with Gasteiger partial charge in [0.05, 0.1) is 24.4 Å². The van der Waals surface area contributed by atoms with Crippen LogP contribution in [0.15, 0.2) is 0 Å². The third-order valence-corrected chi connectivity index (χ3v) is 5.02. The minimum atomic E-state index is 0.0485. The summed E-state index contributed by atoms with van der Waals surface area (Å²) in [5.41, 5.74) is 3.28. The Bertz CT molecular complexity index is 517. The van der Waals surface area contributed by atoms with Crippen molar-refractivity contribution in [1.82, 2.24) is 20.4 Å². The van der Waals surface area contributed by atoms with Gasteiger partial charge in [-0.3, -0.25) is 5.10 Å². The molecule has 0 bridgehead atoms. The second-order valence-electron chi connectivity index (χ2n) is 6.77. The SMILES string of the molecule is Cc1n[nH]c(C)c1C1CCCCCN1C(=O)NC1CCCOC1. The molecule has 23 heavy (non-hydrogen) atoms. The Balaban J connectivity index is 1.77. The minimum Gasteiger partial charge on any atom is -0.379 e. The summed E-state index contributed by atoms with van der Waals surface area (Å²) in [5.74, 6) is 0. The predicted molar refractivity (Wildman–Crippen MR) is 88.3 cm³/mol. The molecule has 6 heteroatoms. The van der Waals surface area contributed by atoms with Gasteiger partial charge >= 0.3 is 6.03 Å². The molecule has 6 nitrogen and oxygen atoms in total. The Morgan fingerprint density at radius 1 is 1.26 bits per heavy atom. The lowest BCUT2D eigenvalue weighted by molar-refractivity contribution is 0.0693. The standard InChI is InChI=1S/C17H28N4O2/c1-12-16(13(2)20-19-12)15-8-4-3-5-9-21(15)17(22)18-14-7-6-10-23-11-14/h14-15H,3-11H2,1-2H3,(H,18,22)(H,19,20). The van der Waals surface area contributed by atoms with Gasteiger partial charge in [0.25, 0.3) is 0 Å². The predicted octanol–water partition coefficient (Wildman–Crippen LogP) is 2.83. The van der Waals surface area contributed by atoms with E-state index in [0.717, 1.165) is 56.6 Å². The summed E-state index contributed by atoms with van der Waals surface area (Å²) in [6, 6.07) is 0.319. The van der Waals surface area contributed by atoms with Gasteiger partial charge in [-0.1, -0.05) is 12.8 Å². The number of carbonyl (C=O) groups is 1. The van der Waals surface area contributed by atoms with E-state index in [2.05, 4.69) is 15.5 Å². The number of nitrogens with zero attached hydrogens (tertiary/aromatic N) is 2. The molecular weight excluding hydrogens is 292 g/mol. The van der Waals surface area contributed by atoms with E-state index < -0.39 is 0 Å². The molecule has 2 saturated heterocycles. The highest BCUT2D eigenvalue weighted by Crippen LogP contribution is 2.33. The van der Waals surface area contributed by atoms with Crippen molar-refractivity contribution in [2.24, 2.45) is 0 Å². The number of aromatic nitrogens is 2. The zero-order chi connectivity index (χ0) is 16.2. The van der Waals surface area contributed by atoms with E-state index in [0.29, 0.717) is 6.61 Å². The Morgan fingerprint density at radius 3 is 2.83 bits per heavy atom. The van der Waals surface area contributed by atoms with Crippen molar-refractivity contribution < 1.29 is 9.53 Å². The van der Waals surface area contributed by atoms with Crippen molar-refractivity contribution in [3.63, 3.8) is 0 Å². The number of aromatic amines is 1. The summed E-state index contributed by atoms with van der Waals surface area (Å²) in [5, 5.41) is 10.6. The maximum Gasteiger partial charge on any atom is 0.318 e. The molecule has 3 heterocycles. The number of nitrogens with one attached hydrogen (secondary N) is 2. The first kappa shape index (κ1) is 16.3. The number of amides is 2. The highest BCUT2D eigenvalue weighted by molar-refractivity contribution is 5.75. The van der Waals surface area contributed by atoms with Gasteiger partial charge in [-0.05, 0) is 39.5 Å². The molecule has 3 rings (SSSR count). The van der Waals surface area contributed by atoms with Crippen LogP contribution in [0, 0.1) is 13.8 Å². The van der Waals surface area contributed by atoms with Crippen LogP contribution in [0.4, 0.5) is 4.79 Å². The number of hydrogen-bond acceptors (Lipinski definition) is 3. The molecule has 0 spiro atoms. The van der Waals surface area contributed by atoms with Gasteiger partial charge in [0.1, 0.15) is 0 Å². The Morgan fingerprint density at radius 2 is 2.13 bits per heavy atom. The topological polar surface area (TPSA) is 70.2 Å². The largest absolute Gasteiger partial charge is 0.379 e. The molecule has 0 aromatic carbocycles. The van der Waals surface area contributed by atoms with Gasteiger partial charge in [-0.2, -0.15) is 5.10 Å². The van der Waals surface area contributed by atoms with Crippen molar-refractivity contribution in [3.05, 3.63) is 17.0 Å². The lowest BCUT2D eigenvalue weighted by Gasteiger charge is -2.33. The number of ether oxygens (including phenoxy) is 1. The summed E-state index contributed by atoms with van der Waals surface area (Å²) in [6.07, 6.45) is 6.45. The molecule has 2 aliphatic heterocycles. The minimum absolute atomic E-state index is 0.0485. The molecule has 0 radical (unpaired) electrons. The van der Waals surface area contributed by atoms with Crippen LogP contribution in [-0.2, 0) is 4.74 Å². The molecule has 128 valence electrons. The molecule has 0 aliphatic carbocycles. The first-order valence-corrected chi connectivity index (χ1v) is 8.83. The van der Waals surface area contributed by atoms with Crippen LogP contribution >= 0.6 is 0 Å². The first-order valence-electron chi connectivity index (χ1n) is 8.83. The third-order valence-electron chi connectivity index (χ3n) is 5.02. The van der Waals surface area contributed by atoms with Crippen molar-refractivity contribution in [2.45, 2.75) is 64.5 Å². The smallest absolute Gasteiger partial charge is 0.318 e. The lowest BCUT2D eigenvalue weighted by Crippen LogP contribution is -2.49. The average Bonchev–Trinajstić information content (AvgIpc) is 2.76. The van der Waals surface area contributed by atoms with Crippen LogP contribution in [0.3, 0.4) is 0 Å². The summed E-state index contributed by atoms with van der Waals surface area (Å²) in [4.78, 5) is 14.9. The molecule has 2 N–H and O–H groups in total. The fourth-order valence-corrected chi connectivity index (χ4v) is 3.81. The highest BCUT2D eigenvalue weighted by Gasteiger charge is 2.31. The van der Waals surface area contributed by atoms with Crippen LogP contribution in [0.25, 0.3) is 0 Å². The highest BCUT2D eigenvalue weighted by atomic mass is 16.5. The summed E-state index contributed by atoms with van der Waals surface area (Å²) in [7, 11) is 0. The van der Waals surface area contributed by atoms with Gasteiger partial charge in [-0.15, -0.1) is 0 Å². The molecule has 2 aliphatic rings. The van der Waals surface area contributed by atoms with Crippen molar-refractivity contribution >= 4 is 6.03 Å². The first-order chi connectivity index (χ1) is 11.2. The Kier molecular flexibility index (Phi) is 5.20. The number of H-pyrrole nitrogens is 1. The molecule has 2 atom stereocenters. The third kappa shape index (κ3) is 3.68. The molecular formula is C17H28N4O2. The molecule has 2 amide bonds. The Hall–Kier alpha value is -1.56. The zero-order valence-electron chi connectivity index (χ0n) is 14.2. The van der Waals surface area contributed by atoms with Crippen LogP contribution in [0.1, 0.15) is 61.5 Å². The Labute approximate surface area is 138 Å². The molecule has 2 unspecified atom stereocenters. The van der Waals surface area contributed by atoms with Crippen LogP contribution in [0.5, 0.6) is 0 Å². The number of urea groups is 1. The molecule has 0 saturated carbocycles. The van der Waals surface area contributed by atoms with E-state index in [1.807, 2.05) is 18.7 Å². The van der Waals surface area contributed by atoms with E-state index >= 15 is 0 Å². The maximum atomic E-state index is 12.9. The molecule has 1 aromatic heterocycles. The van der Waals surface area contributed by atoms with Gasteiger partial charge in [0.2, 0.25) is 0 Å². The molecule has 2 fully saturated rings. The lowest BCUT2D eigenvalue weighted by atomic mass is 9.99. The summed E-state index contributed by atoms with van der Waals surface area (Å²) in [6.45, 7) is 6.33. The second-order valence-corrected chi connectivity index (χ2v) is 6.77. The summed E-state index contributed by atoms with van der Waals surface area (Å²) < 4.78 is 5.48. The second kappa shape index (κ2) is 7.34. The molecule has 1 aromatic rings. The monoisotopic (exact) mass is 320 g/mol. The summed E-state index contributed by atoms with van der Waals surface area (Å²) >= 11 is 0. The fraction of sp³-hybridized carbons (Fsp3) is 0.765. The number of likely N-dealkylation sites (tertiary alicyclic amines) is 1. The average molecular weight is 320 g/mol. The van der Waals surface area contributed by atoms with Gasteiger partial charge in [0, 0.05) is 24.4 Å². The van der Waals surface area contributed by atoms with Crippen molar-refractivity contribution in [2.75, 3.05) is 19.8 Å². The van der Waals surface area contributed by atoms with Crippen molar-refractivity contribution in [1.29, 1.82) is 0 Å². The quantitative estimate of drug-likeness (QED) is 0.880. The van der Waals surface area contributed by atoms with E-state index in [9.17, 15) is 4.79 Å². The van der Waals surface area contributed by atoms with E-state index in [4.69, 9.17) is 4.74 Å². The number of carbonyl (C=O) groups excluding carboxylic acids is 1. The van der Waals surface area contributed by atoms with Gasteiger partial charge in [-0.25, -0.2) is 4.79 Å². The van der Waals surface area contributed by atoms with Gasteiger partial charge < -0.3 is 15.0 Å². The normalized spacial score (nSPS) is 25.9. The van der Waals surface area contributed by atoms with E-state index in [-0.39, 0.29) is 18.1 Å². The number of aryl methyl sites for hydroxylation is 2. The van der Waals surface area contributed by atoms with Crippen LogP contribution in [0.2, 0.25) is 0 Å². The van der Waals surface area contributed by atoms with Crippen molar-refractivity contribution in [3.8, 4) is 0 Å².